The zero-order valence-electron chi connectivity index (χ0n) is 11.1. The van der Waals surface area contributed by atoms with Gasteiger partial charge in [-0.3, -0.25) is 0 Å². The predicted molar refractivity (Wildman–Crippen MR) is 89.9 cm³/mol. The fraction of sp³-hybridized carbons (Fsp3) is 0. The number of fused-ring (bicyclic) bond motifs is 1. The fourth-order valence-electron chi connectivity index (χ4n) is 1.94. The van der Waals surface area contributed by atoms with E-state index in [1.807, 2.05) is 6.07 Å². The molecule has 110 valence electrons. The molecule has 0 aliphatic carbocycles. The normalized spacial score (nSPS) is 11.8. The summed E-state index contributed by atoms with van der Waals surface area (Å²) in [5, 5.41) is 10.6. The van der Waals surface area contributed by atoms with Crippen LogP contribution in [0.15, 0.2) is 56.1 Å². The summed E-state index contributed by atoms with van der Waals surface area (Å²) in [4.78, 5) is 16.1. The van der Waals surface area contributed by atoms with E-state index in [0.717, 1.165) is 4.47 Å². The maximum absolute atomic E-state index is 11.9. The molecule has 2 aromatic carbocycles. The van der Waals surface area contributed by atoms with Crippen LogP contribution in [-0.2, 0) is 0 Å². The molecule has 1 N–H and O–H groups in total. The standard InChI is InChI=1S/C16H9BrClNO3/c17-10-3-1-2-9(6-10)14(20)8-13-16(21)22-15-5-4-11(18)7-12(15)19-13/h1-8,20H/b14-8-. The highest BCUT2D eigenvalue weighted by atomic mass is 79.9. The van der Waals surface area contributed by atoms with Crippen LogP contribution in [0.2, 0.25) is 5.02 Å². The molecule has 3 rings (SSSR count). The van der Waals surface area contributed by atoms with Crippen molar-refractivity contribution in [2.45, 2.75) is 0 Å². The molecule has 0 aliphatic rings. The maximum Gasteiger partial charge on any atom is 0.362 e. The van der Waals surface area contributed by atoms with Gasteiger partial charge in [0.05, 0.1) is 0 Å². The fourth-order valence-corrected chi connectivity index (χ4v) is 2.51. The van der Waals surface area contributed by atoms with Crippen LogP contribution in [0.25, 0.3) is 22.9 Å². The van der Waals surface area contributed by atoms with Gasteiger partial charge in [0.1, 0.15) is 11.3 Å². The van der Waals surface area contributed by atoms with E-state index in [1.54, 1.807) is 36.4 Å². The number of aromatic nitrogens is 1. The SMILES string of the molecule is O=c1oc2ccc(Cl)cc2nc1/C=C(\O)c1cccc(Br)c1. The Hall–Kier alpha value is -2.11. The number of benzene rings is 2. The minimum Gasteiger partial charge on any atom is -0.507 e. The number of rotatable bonds is 2. The quantitative estimate of drug-likeness (QED) is 0.659. The molecule has 0 radical (unpaired) electrons. The first kappa shape index (κ1) is 14.8. The second-order valence-corrected chi connectivity index (χ2v) is 5.89. The summed E-state index contributed by atoms with van der Waals surface area (Å²) in [5.41, 5.74) is 0.722. The van der Waals surface area contributed by atoms with Crippen molar-refractivity contribution in [1.29, 1.82) is 0 Å². The van der Waals surface area contributed by atoms with E-state index < -0.39 is 5.63 Å². The number of halogens is 2. The van der Waals surface area contributed by atoms with Crippen molar-refractivity contribution in [2.75, 3.05) is 0 Å². The monoisotopic (exact) mass is 377 g/mol. The van der Waals surface area contributed by atoms with E-state index in [9.17, 15) is 9.90 Å². The molecule has 0 amide bonds. The first-order valence-corrected chi connectivity index (χ1v) is 7.47. The predicted octanol–water partition coefficient (Wildman–Crippen LogP) is 4.66. The molecule has 0 spiro atoms. The summed E-state index contributed by atoms with van der Waals surface area (Å²) >= 11 is 9.22. The molecule has 22 heavy (non-hydrogen) atoms. The van der Waals surface area contributed by atoms with Gasteiger partial charge < -0.3 is 9.52 Å². The zero-order chi connectivity index (χ0) is 15.7. The van der Waals surface area contributed by atoms with Crippen molar-refractivity contribution < 1.29 is 9.52 Å². The highest BCUT2D eigenvalue weighted by Gasteiger charge is 2.08. The van der Waals surface area contributed by atoms with E-state index in [0.29, 0.717) is 21.7 Å². The van der Waals surface area contributed by atoms with Crippen molar-refractivity contribution in [3.05, 3.63) is 73.6 Å². The lowest BCUT2D eigenvalue weighted by atomic mass is 10.1. The number of aliphatic hydroxyl groups is 1. The summed E-state index contributed by atoms with van der Waals surface area (Å²) in [6, 6.07) is 11.8. The van der Waals surface area contributed by atoms with E-state index in [2.05, 4.69) is 20.9 Å². The third-order valence-electron chi connectivity index (χ3n) is 2.97. The Kier molecular flexibility index (Phi) is 4.00. The molecule has 4 nitrogen and oxygen atoms in total. The molecule has 0 saturated heterocycles. The van der Waals surface area contributed by atoms with Gasteiger partial charge in [0, 0.05) is 21.1 Å². The molecule has 0 bridgehead atoms. The van der Waals surface area contributed by atoms with E-state index in [-0.39, 0.29) is 11.5 Å². The van der Waals surface area contributed by atoms with Crippen LogP contribution in [0.5, 0.6) is 0 Å². The molecule has 0 saturated carbocycles. The summed E-state index contributed by atoms with van der Waals surface area (Å²) in [5.74, 6) is -0.0810. The van der Waals surface area contributed by atoms with Crippen LogP contribution in [0, 0.1) is 0 Å². The average molecular weight is 379 g/mol. The lowest BCUT2D eigenvalue weighted by molar-refractivity contribution is 0.514. The lowest BCUT2D eigenvalue weighted by Gasteiger charge is -2.02. The Morgan fingerprint density at radius 1 is 1.27 bits per heavy atom. The minimum absolute atomic E-state index is 0.00671. The maximum atomic E-state index is 11.9. The third kappa shape index (κ3) is 3.05. The Morgan fingerprint density at radius 2 is 2.09 bits per heavy atom. The molecule has 1 aromatic heterocycles. The van der Waals surface area contributed by atoms with Crippen LogP contribution in [0.3, 0.4) is 0 Å². The molecule has 1 heterocycles. The average Bonchev–Trinajstić information content (AvgIpc) is 2.48. The van der Waals surface area contributed by atoms with Gasteiger partial charge in [0.25, 0.3) is 0 Å². The van der Waals surface area contributed by atoms with Gasteiger partial charge in [-0.15, -0.1) is 0 Å². The molecular formula is C16H9BrClNO3. The number of hydrogen-bond donors (Lipinski definition) is 1. The summed E-state index contributed by atoms with van der Waals surface area (Å²) < 4.78 is 5.98. The molecule has 0 atom stereocenters. The van der Waals surface area contributed by atoms with Crippen LogP contribution >= 0.6 is 27.5 Å². The largest absolute Gasteiger partial charge is 0.507 e. The van der Waals surface area contributed by atoms with Crippen molar-refractivity contribution in [2.24, 2.45) is 0 Å². The lowest BCUT2D eigenvalue weighted by Crippen LogP contribution is -2.06. The van der Waals surface area contributed by atoms with E-state index >= 15 is 0 Å². The van der Waals surface area contributed by atoms with Gasteiger partial charge in [-0.2, -0.15) is 0 Å². The highest BCUT2D eigenvalue weighted by Crippen LogP contribution is 2.20. The zero-order valence-corrected chi connectivity index (χ0v) is 13.4. The Morgan fingerprint density at radius 3 is 2.86 bits per heavy atom. The second-order valence-electron chi connectivity index (χ2n) is 4.54. The molecule has 0 aliphatic heterocycles. The Bertz CT molecular complexity index is 950. The highest BCUT2D eigenvalue weighted by molar-refractivity contribution is 9.10. The van der Waals surface area contributed by atoms with Crippen LogP contribution < -0.4 is 5.63 Å². The number of nitrogens with zero attached hydrogens (tertiary/aromatic N) is 1. The number of hydrogen-bond acceptors (Lipinski definition) is 4. The van der Waals surface area contributed by atoms with Gasteiger partial charge in [0.2, 0.25) is 0 Å². The van der Waals surface area contributed by atoms with E-state index in [1.165, 1.54) is 6.08 Å². The van der Waals surface area contributed by atoms with Crippen LogP contribution in [-0.4, -0.2) is 10.1 Å². The summed E-state index contributed by atoms with van der Waals surface area (Å²) in [6.45, 7) is 0. The molecule has 6 heteroatoms. The Balaban J connectivity index is 2.11. The third-order valence-corrected chi connectivity index (χ3v) is 3.70. The van der Waals surface area contributed by atoms with Gasteiger partial charge in [-0.1, -0.05) is 39.7 Å². The molecular weight excluding hydrogens is 370 g/mol. The first-order valence-electron chi connectivity index (χ1n) is 6.30. The molecule has 0 fully saturated rings. The van der Waals surface area contributed by atoms with Crippen molar-refractivity contribution in [3.8, 4) is 0 Å². The van der Waals surface area contributed by atoms with Crippen LogP contribution in [0.1, 0.15) is 11.3 Å². The smallest absolute Gasteiger partial charge is 0.362 e. The molecule has 0 unspecified atom stereocenters. The minimum atomic E-state index is -0.628. The summed E-state index contributed by atoms with van der Waals surface area (Å²) in [7, 11) is 0. The van der Waals surface area contributed by atoms with Crippen molar-refractivity contribution in [3.63, 3.8) is 0 Å². The van der Waals surface area contributed by atoms with Crippen LogP contribution in [0.4, 0.5) is 0 Å². The van der Waals surface area contributed by atoms with Gasteiger partial charge in [-0.05, 0) is 30.3 Å². The topological polar surface area (TPSA) is 63.3 Å². The van der Waals surface area contributed by atoms with Gasteiger partial charge in [0.15, 0.2) is 11.3 Å². The second kappa shape index (κ2) is 5.94. The first-order chi connectivity index (χ1) is 10.5. The van der Waals surface area contributed by atoms with E-state index in [4.69, 9.17) is 16.0 Å². The summed E-state index contributed by atoms with van der Waals surface area (Å²) in [6.07, 6.45) is 1.27. The van der Waals surface area contributed by atoms with Gasteiger partial charge in [-0.25, -0.2) is 9.78 Å². The van der Waals surface area contributed by atoms with Gasteiger partial charge >= 0.3 is 5.63 Å². The van der Waals surface area contributed by atoms with Crippen molar-refractivity contribution in [1.82, 2.24) is 4.98 Å². The number of aliphatic hydroxyl groups excluding tert-OH is 1. The Labute approximate surface area is 138 Å². The molecule has 3 aromatic rings. The van der Waals surface area contributed by atoms with Crippen molar-refractivity contribution >= 4 is 50.5 Å².